The van der Waals surface area contributed by atoms with E-state index in [1.807, 2.05) is 12.1 Å². The number of hydrogen-bond acceptors (Lipinski definition) is 1. The first-order valence-corrected chi connectivity index (χ1v) is 9.12. The Labute approximate surface area is 160 Å². The van der Waals surface area contributed by atoms with Crippen LogP contribution in [0, 0.1) is 13.8 Å². The van der Waals surface area contributed by atoms with Crippen molar-refractivity contribution in [1.82, 2.24) is 9.55 Å². The molecule has 2 heteroatoms. The molecule has 27 heavy (non-hydrogen) atoms. The summed E-state index contributed by atoms with van der Waals surface area (Å²) in [5.41, 5.74) is 7.99. The monoisotopic (exact) mass is 350 g/mol. The summed E-state index contributed by atoms with van der Waals surface area (Å²) in [4.78, 5) is 4.83. The molecule has 0 atom stereocenters. The number of para-hydroxylation sites is 1. The van der Waals surface area contributed by atoms with Gasteiger partial charge in [-0.05, 0) is 42.7 Å². The topological polar surface area (TPSA) is 17.8 Å². The van der Waals surface area contributed by atoms with Crippen molar-refractivity contribution in [3.05, 3.63) is 102 Å². The van der Waals surface area contributed by atoms with Crippen molar-refractivity contribution in [3.8, 4) is 28.2 Å². The van der Waals surface area contributed by atoms with Crippen molar-refractivity contribution in [1.29, 1.82) is 0 Å². The lowest BCUT2D eigenvalue weighted by molar-refractivity contribution is 1.01. The molecule has 0 bridgehead atoms. The first-order chi connectivity index (χ1) is 13.2. The first kappa shape index (κ1) is 17.0. The van der Waals surface area contributed by atoms with Crippen LogP contribution in [0.25, 0.3) is 34.3 Å². The van der Waals surface area contributed by atoms with Crippen molar-refractivity contribution in [2.75, 3.05) is 0 Å². The van der Waals surface area contributed by atoms with Crippen LogP contribution < -0.4 is 0 Å². The smallest absolute Gasteiger partial charge is 0.145 e. The quantitative estimate of drug-likeness (QED) is 0.412. The molecule has 0 aliphatic heterocycles. The minimum absolute atomic E-state index is 0.977. The molecule has 1 aromatic heterocycles. The molecular formula is C25H22N2. The van der Waals surface area contributed by atoms with Gasteiger partial charge >= 0.3 is 0 Å². The van der Waals surface area contributed by atoms with E-state index in [-0.39, 0.29) is 0 Å². The second kappa shape index (κ2) is 7.08. The van der Waals surface area contributed by atoms with E-state index in [1.54, 1.807) is 0 Å². The molecule has 0 radical (unpaired) electrons. The molecule has 0 fully saturated rings. The molecule has 0 aliphatic rings. The van der Waals surface area contributed by atoms with Crippen molar-refractivity contribution < 1.29 is 0 Å². The summed E-state index contributed by atoms with van der Waals surface area (Å²) in [6.07, 6.45) is 1.86. The molecule has 4 rings (SSSR count). The van der Waals surface area contributed by atoms with Crippen molar-refractivity contribution in [3.63, 3.8) is 0 Å². The molecule has 2 nitrogen and oxygen atoms in total. The lowest BCUT2D eigenvalue weighted by Gasteiger charge is -2.11. The lowest BCUT2D eigenvalue weighted by Crippen LogP contribution is -1.99. The minimum atomic E-state index is 0.977. The third kappa shape index (κ3) is 3.22. The van der Waals surface area contributed by atoms with Crippen molar-refractivity contribution in [2.45, 2.75) is 13.8 Å². The summed E-state index contributed by atoms with van der Waals surface area (Å²) < 4.78 is 2.23. The van der Waals surface area contributed by atoms with E-state index in [9.17, 15) is 0 Å². The van der Waals surface area contributed by atoms with Gasteiger partial charge in [-0.15, -0.1) is 0 Å². The first-order valence-electron chi connectivity index (χ1n) is 9.12. The molecule has 1 heterocycles. The van der Waals surface area contributed by atoms with Crippen molar-refractivity contribution >= 4 is 6.08 Å². The second-order valence-corrected chi connectivity index (χ2v) is 6.68. The molecule has 0 spiro atoms. The highest BCUT2D eigenvalue weighted by Gasteiger charge is 2.14. The largest absolute Gasteiger partial charge is 0.297 e. The Morgan fingerprint density at radius 3 is 1.89 bits per heavy atom. The van der Waals surface area contributed by atoms with Gasteiger partial charge in [-0.3, -0.25) is 4.57 Å². The summed E-state index contributed by atoms with van der Waals surface area (Å²) in [5.74, 6) is 0.977. The van der Waals surface area contributed by atoms with Crippen LogP contribution >= 0.6 is 0 Å². The van der Waals surface area contributed by atoms with Crippen LogP contribution in [0.1, 0.15) is 17.0 Å². The molecular weight excluding hydrogens is 328 g/mol. The lowest BCUT2D eigenvalue weighted by atomic mass is 10.0. The molecule has 4 aromatic rings. The van der Waals surface area contributed by atoms with Gasteiger partial charge in [-0.1, -0.05) is 79.4 Å². The van der Waals surface area contributed by atoms with E-state index in [1.165, 1.54) is 16.8 Å². The van der Waals surface area contributed by atoms with Crippen LogP contribution in [-0.2, 0) is 0 Å². The summed E-state index contributed by atoms with van der Waals surface area (Å²) in [6, 6.07) is 27.4. The van der Waals surface area contributed by atoms with Gasteiger partial charge in [0.15, 0.2) is 0 Å². The van der Waals surface area contributed by atoms with Crippen LogP contribution in [0.3, 0.4) is 0 Å². The van der Waals surface area contributed by atoms with Gasteiger partial charge in [-0.25, -0.2) is 4.98 Å². The van der Waals surface area contributed by atoms with E-state index in [2.05, 4.69) is 97.8 Å². The van der Waals surface area contributed by atoms with Gasteiger partial charge in [0.1, 0.15) is 5.82 Å². The van der Waals surface area contributed by atoms with Crippen LogP contribution in [0.2, 0.25) is 0 Å². The molecule has 0 aliphatic carbocycles. The normalized spacial score (nSPS) is 10.7. The molecule has 0 unspecified atom stereocenters. The maximum Gasteiger partial charge on any atom is 0.145 e. The predicted molar refractivity (Wildman–Crippen MR) is 114 cm³/mol. The second-order valence-electron chi connectivity index (χ2n) is 6.68. The zero-order valence-electron chi connectivity index (χ0n) is 15.7. The molecule has 0 amide bonds. The summed E-state index contributed by atoms with van der Waals surface area (Å²) >= 11 is 0. The highest BCUT2D eigenvalue weighted by molar-refractivity contribution is 5.70. The van der Waals surface area contributed by atoms with E-state index in [0.717, 1.165) is 28.3 Å². The Bertz CT molecular complexity index is 1070. The Balaban J connectivity index is 1.74. The number of imidazole rings is 1. The summed E-state index contributed by atoms with van der Waals surface area (Å²) in [6.45, 7) is 7.99. The van der Waals surface area contributed by atoms with Gasteiger partial charge < -0.3 is 0 Å². The molecule has 0 saturated carbocycles. The molecule has 0 saturated heterocycles. The number of rotatable bonds is 4. The van der Waals surface area contributed by atoms with Crippen LogP contribution in [0.5, 0.6) is 0 Å². The fraction of sp³-hybridized carbons (Fsp3) is 0.0800. The van der Waals surface area contributed by atoms with E-state index in [0.29, 0.717) is 0 Å². The van der Waals surface area contributed by atoms with E-state index in [4.69, 9.17) is 4.98 Å². The Hall–Kier alpha value is -3.39. The van der Waals surface area contributed by atoms with Gasteiger partial charge in [0.2, 0.25) is 0 Å². The van der Waals surface area contributed by atoms with E-state index < -0.39 is 0 Å². The SMILES string of the molecule is C=Cc1ccc(-c2ccc(-c3nc(C)c(C)n3-c3ccccc3)cc2)cc1. The van der Waals surface area contributed by atoms with Crippen LogP contribution in [0.15, 0.2) is 85.4 Å². The van der Waals surface area contributed by atoms with Crippen molar-refractivity contribution in [2.24, 2.45) is 0 Å². The third-order valence-corrected chi connectivity index (χ3v) is 4.98. The van der Waals surface area contributed by atoms with Gasteiger partial charge in [0, 0.05) is 16.9 Å². The molecule has 132 valence electrons. The predicted octanol–water partition coefficient (Wildman–Crippen LogP) is 6.47. The number of hydrogen-bond donors (Lipinski definition) is 0. The highest BCUT2D eigenvalue weighted by Crippen LogP contribution is 2.28. The maximum absolute atomic E-state index is 4.83. The Kier molecular flexibility index (Phi) is 4.47. The molecule has 0 N–H and O–H groups in total. The third-order valence-electron chi connectivity index (χ3n) is 4.98. The standard InChI is InChI=1S/C25H22N2/c1-4-20-10-12-21(13-11-20)22-14-16-23(17-15-22)25-26-18(2)19(3)27(25)24-8-6-5-7-9-24/h4-17H,1H2,2-3H3. The zero-order chi connectivity index (χ0) is 18.8. The van der Waals surface area contributed by atoms with Crippen LogP contribution in [-0.4, -0.2) is 9.55 Å². The fourth-order valence-corrected chi connectivity index (χ4v) is 3.32. The summed E-state index contributed by atoms with van der Waals surface area (Å²) in [5, 5.41) is 0. The van der Waals surface area contributed by atoms with Gasteiger partial charge in [0.25, 0.3) is 0 Å². The zero-order valence-corrected chi connectivity index (χ0v) is 15.7. The van der Waals surface area contributed by atoms with Crippen LogP contribution in [0.4, 0.5) is 0 Å². The maximum atomic E-state index is 4.83. The summed E-state index contributed by atoms with van der Waals surface area (Å²) in [7, 11) is 0. The minimum Gasteiger partial charge on any atom is -0.297 e. The Morgan fingerprint density at radius 2 is 1.30 bits per heavy atom. The fourth-order valence-electron chi connectivity index (χ4n) is 3.32. The molecule has 3 aromatic carbocycles. The number of nitrogens with zero attached hydrogens (tertiary/aromatic N) is 2. The average molecular weight is 350 g/mol. The number of benzene rings is 3. The average Bonchev–Trinajstić information content (AvgIpc) is 3.03. The Morgan fingerprint density at radius 1 is 0.741 bits per heavy atom. The van der Waals surface area contributed by atoms with Gasteiger partial charge in [0.05, 0.1) is 5.69 Å². The number of aromatic nitrogens is 2. The van der Waals surface area contributed by atoms with Gasteiger partial charge in [-0.2, -0.15) is 0 Å². The van der Waals surface area contributed by atoms with E-state index >= 15 is 0 Å². The number of aryl methyl sites for hydroxylation is 1. The highest BCUT2D eigenvalue weighted by atomic mass is 15.1.